The van der Waals surface area contributed by atoms with E-state index >= 15 is 0 Å². The minimum Gasteiger partial charge on any atom is -0.320 e. The molecule has 1 nitrogen and oxygen atoms in total. The van der Waals surface area contributed by atoms with Gasteiger partial charge in [0, 0.05) is 19.6 Å². The van der Waals surface area contributed by atoms with Crippen LogP contribution in [0.1, 0.15) is 21.4 Å². The van der Waals surface area contributed by atoms with Gasteiger partial charge in [-0.2, -0.15) is 0 Å². The standard InChI is InChI=1S/C10H10BrNS2/c1-6-2-7(4-13-6)10(12)9-3-8(11)5-14-9/h2-5,10H,12H2,1H3. The molecule has 74 valence electrons. The molecule has 0 saturated carbocycles. The molecule has 2 rings (SSSR count). The maximum absolute atomic E-state index is 6.14. The molecule has 2 heterocycles. The van der Waals surface area contributed by atoms with Gasteiger partial charge in [-0.25, -0.2) is 0 Å². The molecule has 0 radical (unpaired) electrons. The lowest BCUT2D eigenvalue weighted by molar-refractivity contribution is 0.898. The second kappa shape index (κ2) is 4.14. The zero-order valence-electron chi connectivity index (χ0n) is 7.66. The number of thiophene rings is 2. The first kappa shape index (κ1) is 10.4. The number of halogens is 1. The van der Waals surface area contributed by atoms with Gasteiger partial charge in [0.25, 0.3) is 0 Å². The van der Waals surface area contributed by atoms with Crippen molar-refractivity contribution >= 4 is 38.6 Å². The fourth-order valence-corrected chi connectivity index (χ4v) is 3.50. The zero-order valence-corrected chi connectivity index (χ0v) is 10.9. The molecule has 0 fully saturated rings. The van der Waals surface area contributed by atoms with Gasteiger partial charge in [-0.1, -0.05) is 0 Å². The maximum Gasteiger partial charge on any atom is 0.0654 e. The summed E-state index contributed by atoms with van der Waals surface area (Å²) in [6.07, 6.45) is 0. The minimum atomic E-state index is 0.0243. The minimum absolute atomic E-state index is 0.0243. The smallest absolute Gasteiger partial charge is 0.0654 e. The molecule has 0 saturated heterocycles. The molecule has 0 aliphatic rings. The SMILES string of the molecule is Cc1cc(C(N)c2cc(Br)cs2)cs1. The molecule has 14 heavy (non-hydrogen) atoms. The van der Waals surface area contributed by atoms with E-state index in [1.54, 1.807) is 22.7 Å². The van der Waals surface area contributed by atoms with E-state index in [1.165, 1.54) is 15.3 Å². The Morgan fingerprint density at radius 3 is 2.57 bits per heavy atom. The first-order chi connectivity index (χ1) is 6.66. The van der Waals surface area contributed by atoms with E-state index in [-0.39, 0.29) is 6.04 Å². The van der Waals surface area contributed by atoms with Gasteiger partial charge in [0.05, 0.1) is 6.04 Å². The normalized spacial score (nSPS) is 13.1. The first-order valence-electron chi connectivity index (χ1n) is 4.21. The van der Waals surface area contributed by atoms with E-state index in [4.69, 9.17) is 5.73 Å². The molecular formula is C10H10BrNS2. The zero-order chi connectivity index (χ0) is 10.1. The van der Waals surface area contributed by atoms with Crippen LogP contribution in [0, 0.1) is 6.92 Å². The van der Waals surface area contributed by atoms with Crippen LogP contribution in [0.4, 0.5) is 0 Å². The Kier molecular flexibility index (Phi) is 3.07. The summed E-state index contributed by atoms with van der Waals surface area (Å²) in [7, 11) is 0. The van der Waals surface area contributed by atoms with E-state index in [2.05, 4.69) is 45.7 Å². The highest BCUT2D eigenvalue weighted by Crippen LogP contribution is 2.30. The van der Waals surface area contributed by atoms with E-state index < -0.39 is 0 Å². The van der Waals surface area contributed by atoms with Crippen LogP contribution in [0.3, 0.4) is 0 Å². The van der Waals surface area contributed by atoms with Gasteiger partial charge in [-0.05, 0) is 45.9 Å². The van der Waals surface area contributed by atoms with Crippen LogP contribution in [-0.4, -0.2) is 0 Å². The van der Waals surface area contributed by atoms with Crippen LogP contribution in [0.2, 0.25) is 0 Å². The highest BCUT2D eigenvalue weighted by atomic mass is 79.9. The summed E-state index contributed by atoms with van der Waals surface area (Å²) in [6, 6.07) is 4.27. The lowest BCUT2D eigenvalue weighted by atomic mass is 10.1. The number of rotatable bonds is 2. The Morgan fingerprint density at radius 1 is 1.29 bits per heavy atom. The number of hydrogen-bond donors (Lipinski definition) is 1. The average Bonchev–Trinajstić information content (AvgIpc) is 2.73. The molecule has 0 aliphatic carbocycles. The molecule has 1 unspecified atom stereocenters. The molecule has 0 amide bonds. The van der Waals surface area contributed by atoms with E-state index in [9.17, 15) is 0 Å². The molecule has 2 N–H and O–H groups in total. The summed E-state index contributed by atoms with van der Waals surface area (Å²) in [5.41, 5.74) is 7.35. The summed E-state index contributed by atoms with van der Waals surface area (Å²) in [4.78, 5) is 2.51. The van der Waals surface area contributed by atoms with Gasteiger partial charge in [-0.15, -0.1) is 22.7 Å². The van der Waals surface area contributed by atoms with Gasteiger partial charge in [-0.3, -0.25) is 0 Å². The Morgan fingerprint density at radius 2 is 2.07 bits per heavy atom. The summed E-state index contributed by atoms with van der Waals surface area (Å²) < 4.78 is 1.11. The fraction of sp³-hybridized carbons (Fsp3) is 0.200. The van der Waals surface area contributed by atoms with Crippen LogP contribution >= 0.6 is 38.6 Å². The highest BCUT2D eigenvalue weighted by molar-refractivity contribution is 9.10. The summed E-state index contributed by atoms with van der Waals surface area (Å²) in [5, 5.41) is 4.20. The van der Waals surface area contributed by atoms with Gasteiger partial charge in [0.2, 0.25) is 0 Å². The van der Waals surface area contributed by atoms with Crippen LogP contribution < -0.4 is 5.73 Å². The Labute approximate surface area is 99.7 Å². The third-order valence-corrected chi connectivity index (χ3v) is 4.66. The van der Waals surface area contributed by atoms with Gasteiger partial charge >= 0.3 is 0 Å². The number of nitrogens with two attached hydrogens (primary N) is 1. The summed E-state index contributed by atoms with van der Waals surface area (Å²) in [5.74, 6) is 0. The fourth-order valence-electron chi connectivity index (χ4n) is 1.28. The Balaban J connectivity index is 2.28. The topological polar surface area (TPSA) is 26.0 Å². The third kappa shape index (κ3) is 2.08. The van der Waals surface area contributed by atoms with Crippen molar-refractivity contribution in [3.63, 3.8) is 0 Å². The second-order valence-electron chi connectivity index (χ2n) is 3.14. The highest BCUT2D eigenvalue weighted by Gasteiger charge is 2.11. The first-order valence-corrected chi connectivity index (χ1v) is 6.76. The average molecular weight is 288 g/mol. The molecule has 4 heteroatoms. The molecular weight excluding hydrogens is 278 g/mol. The lowest BCUT2D eigenvalue weighted by Gasteiger charge is -2.05. The molecule has 0 aliphatic heterocycles. The summed E-state index contributed by atoms with van der Waals surface area (Å²) >= 11 is 6.88. The molecule has 1 atom stereocenters. The van der Waals surface area contributed by atoms with Gasteiger partial charge in [0.1, 0.15) is 0 Å². The molecule has 2 aromatic rings. The Hall–Kier alpha value is -0.160. The quantitative estimate of drug-likeness (QED) is 0.890. The lowest BCUT2D eigenvalue weighted by Crippen LogP contribution is -2.08. The largest absolute Gasteiger partial charge is 0.320 e. The van der Waals surface area contributed by atoms with Crippen molar-refractivity contribution < 1.29 is 0 Å². The van der Waals surface area contributed by atoms with Crippen LogP contribution in [0.5, 0.6) is 0 Å². The van der Waals surface area contributed by atoms with E-state index in [0.29, 0.717) is 0 Å². The van der Waals surface area contributed by atoms with Crippen LogP contribution in [-0.2, 0) is 0 Å². The third-order valence-electron chi connectivity index (χ3n) is 2.00. The molecule has 2 aromatic heterocycles. The number of hydrogen-bond acceptors (Lipinski definition) is 3. The van der Waals surface area contributed by atoms with Crippen LogP contribution in [0.25, 0.3) is 0 Å². The molecule has 0 aromatic carbocycles. The van der Waals surface area contributed by atoms with Crippen molar-refractivity contribution in [2.24, 2.45) is 5.73 Å². The van der Waals surface area contributed by atoms with Gasteiger partial charge < -0.3 is 5.73 Å². The number of aryl methyl sites for hydroxylation is 1. The summed E-state index contributed by atoms with van der Waals surface area (Å²) in [6.45, 7) is 2.10. The predicted octanol–water partition coefficient (Wildman–Crippen LogP) is 3.93. The predicted molar refractivity (Wildman–Crippen MR) is 67.1 cm³/mol. The second-order valence-corrected chi connectivity index (χ2v) is 6.11. The van der Waals surface area contributed by atoms with Gasteiger partial charge in [0.15, 0.2) is 0 Å². The van der Waals surface area contributed by atoms with Crippen molar-refractivity contribution in [3.8, 4) is 0 Å². The van der Waals surface area contributed by atoms with E-state index in [1.807, 2.05) is 0 Å². The molecule has 0 bridgehead atoms. The molecule has 0 spiro atoms. The van der Waals surface area contributed by atoms with E-state index in [0.717, 1.165) is 4.47 Å². The van der Waals surface area contributed by atoms with Crippen molar-refractivity contribution in [1.29, 1.82) is 0 Å². The van der Waals surface area contributed by atoms with Crippen molar-refractivity contribution in [1.82, 2.24) is 0 Å². The Bertz CT molecular complexity index is 393. The van der Waals surface area contributed by atoms with Crippen LogP contribution in [0.15, 0.2) is 27.4 Å². The van der Waals surface area contributed by atoms with Crippen molar-refractivity contribution in [2.75, 3.05) is 0 Å². The van der Waals surface area contributed by atoms with Crippen molar-refractivity contribution in [3.05, 3.63) is 42.7 Å². The maximum atomic E-state index is 6.14. The monoisotopic (exact) mass is 287 g/mol. The van der Waals surface area contributed by atoms with Crippen molar-refractivity contribution in [2.45, 2.75) is 13.0 Å².